The number of hydrogen-bond acceptors (Lipinski definition) is 2. The highest BCUT2D eigenvalue weighted by Crippen LogP contribution is 2.34. The first-order valence-corrected chi connectivity index (χ1v) is 7.83. The molecule has 3 heteroatoms. The van der Waals surface area contributed by atoms with Crippen molar-refractivity contribution in [2.24, 2.45) is 0 Å². The van der Waals surface area contributed by atoms with Crippen molar-refractivity contribution in [2.45, 2.75) is 13.0 Å². The average molecular weight is 331 g/mol. The Hall–Kier alpha value is -1.32. The molecule has 0 aromatic heterocycles. The molecule has 1 aliphatic rings. The van der Waals surface area contributed by atoms with Crippen molar-refractivity contribution in [1.29, 1.82) is 0 Å². The second kappa shape index (κ2) is 5.98. The van der Waals surface area contributed by atoms with Crippen LogP contribution < -0.4 is 10.2 Å². The molecule has 0 spiro atoms. The molecule has 1 saturated heterocycles. The van der Waals surface area contributed by atoms with Gasteiger partial charge in [-0.3, -0.25) is 0 Å². The second-order valence-electron chi connectivity index (χ2n) is 5.28. The highest BCUT2D eigenvalue weighted by molar-refractivity contribution is 9.10. The van der Waals surface area contributed by atoms with Crippen molar-refractivity contribution in [3.05, 3.63) is 64.1 Å². The molecule has 0 amide bonds. The number of benzene rings is 2. The van der Waals surface area contributed by atoms with Crippen LogP contribution in [0.1, 0.15) is 17.2 Å². The summed E-state index contributed by atoms with van der Waals surface area (Å²) < 4.78 is 1.18. The fourth-order valence-corrected chi connectivity index (χ4v) is 3.53. The van der Waals surface area contributed by atoms with E-state index < -0.39 is 0 Å². The van der Waals surface area contributed by atoms with Gasteiger partial charge in [0.25, 0.3) is 0 Å². The minimum Gasteiger partial charge on any atom is -0.361 e. The largest absolute Gasteiger partial charge is 0.361 e. The van der Waals surface area contributed by atoms with Crippen molar-refractivity contribution in [3.8, 4) is 0 Å². The van der Waals surface area contributed by atoms with Crippen molar-refractivity contribution >= 4 is 21.6 Å². The summed E-state index contributed by atoms with van der Waals surface area (Å²) in [5.41, 5.74) is 3.94. The Kier molecular flexibility index (Phi) is 4.08. The quantitative estimate of drug-likeness (QED) is 0.898. The lowest BCUT2D eigenvalue weighted by molar-refractivity contribution is 0.489. The molecular formula is C17H19BrN2. The van der Waals surface area contributed by atoms with Gasteiger partial charge in [0.05, 0.1) is 11.7 Å². The van der Waals surface area contributed by atoms with Crippen LogP contribution in [0.4, 0.5) is 5.69 Å². The molecule has 2 nitrogen and oxygen atoms in total. The van der Waals surface area contributed by atoms with Gasteiger partial charge in [-0.2, -0.15) is 0 Å². The summed E-state index contributed by atoms with van der Waals surface area (Å²) in [6.07, 6.45) is 0. The topological polar surface area (TPSA) is 15.3 Å². The van der Waals surface area contributed by atoms with Crippen LogP contribution in [-0.4, -0.2) is 19.6 Å². The van der Waals surface area contributed by atoms with E-state index in [1.807, 2.05) is 0 Å². The van der Waals surface area contributed by atoms with Crippen LogP contribution in [0, 0.1) is 6.92 Å². The summed E-state index contributed by atoms with van der Waals surface area (Å²) >= 11 is 3.72. The lowest BCUT2D eigenvalue weighted by Gasteiger charge is -2.39. The molecule has 2 aromatic carbocycles. The van der Waals surface area contributed by atoms with E-state index in [4.69, 9.17) is 0 Å². The minimum atomic E-state index is 0.393. The molecule has 104 valence electrons. The van der Waals surface area contributed by atoms with Crippen LogP contribution in [0.25, 0.3) is 0 Å². The Morgan fingerprint density at radius 2 is 1.95 bits per heavy atom. The van der Waals surface area contributed by atoms with E-state index >= 15 is 0 Å². The Bertz CT molecular complexity index is 583. The zero-order valence-electron chi connectivity index (χ0n) is 11.6. The van der Waals surface area contributed by atoms with Gasteiger partial charge in [0.2, 0.25) is 0 Å². The first-order chi connectivity index (χ1) is 9.75. The Morgan fingerprint density at radius 1 is 1.15 bits per heavy atom. The summed E-state index contributed by atoms with van der Waals surface area (Å²) in [5, 5.41) is 3.51. The molecule has 2 aromatic rings. The molecule has 20 heavy (non-hydrogen) atoms. The third-order valence-corrected chi connectivity index (χ3v) is 4.48. The third-order valence-electron chi connectivity index (χ3n) is 3.84. The summed E-state index contributed by atoms with van der Waals surface area (Å²) in [7, 11) is 0. The Labute approximate surface area is 128 Å². The lowest BCUT2D eigenvalue weighted by Crippen LogP contribution is -2.46. The summed E-state index contributed by atoms with van der Waals surface area (Å²) in [5.74, 6) is 0. The van der Waals surface area contributed by atoms with E-state index in [0.717, 1.165) is 19.6 Å². The first-order valence-electron chi connectivity index (χ1n) is 7.04. The van der Waals surface area contributed by atoms with Crippen molar-refractivity contribution in [1.82, 2.24) is 5.32 Å². The van der Waals surface area contributed by atoms with Crippen molar-refractivity contribution < 1.29 is 0 Å². The van der Waals surface area contributed by atoms with Crippen LogP contribution in [0.5, 0.6) is 0 Å². The van der Waals surface area contributed by atoms with Crippen LogP contribution in [0.2, 0.25) is 0 Å². The van der Waals surface area contributed by atoms with Gasteiger partial charge in [-0.15, -0.1) is 0 Å². The molecule has 0 bridgehead atoms. The summed E-state index contributed by atoms with van der Waals surface area (Å²) in [4.78, 5) is 2.50. The normalized spacial score (nSPS) is 19.1. The van der Waals surface area contributed by atoms with Gasteiger partial charge in [0, 0.05) is 24.1 Å². The molecule has 1 heterocycles. The fourth-order valence-electron chi connectivity index (χ4n) is 2.81. The lowest BCUT2D eigenvalue weighted by atomic mass is 10.0. The summed E-state index contributed by atoms with van der Waals surface area (Å²) in [6, 6.07) is 17.7. The fraction of sp³-hybridized carbons (Fsp3) is 0.294. The van der Waals surface area contributed by atoms with E-state index in [2.05, 4.69) is 81.6 Å². The van der Waals surface area contributed by atoms with Crippen molar-refractivity contribution in [3.63, 3.8) is 0 Å². The van der Waals surface area contributed by atoms with Crippen molar-refractivity contribution in [2.75, 3.05) is 24.5 Å². The maximum atomic E-state index is 3.72. The van der Waals surface area contributed by atoms with Gasteiger partial charge in [-0.1, -0.05) is 36.4 Å². The number of rotatable bonds is 2. The predicted molar refractivity (Wildman–Crippen MR) is 88.3 cm³/mol. The molecule has 1 aliphatic heterocycles. The molecule has 1 atom stereocenters. The number of hydrogen-bond donors (Lipinski definition) is 1. The van der Waals surface area contributed by atoms with Crippen LogP contribution in [0.15, 0.2) is 53.0 Å². The van der Waals surface area contributed by atoms with Crippen LogP contribution in [-0.2, 0) is 0 Å². The van der Waals surface area contributed by atoms with Gasteiger partial charge in [-0.25, -0.2) is 0 Å². The highest BCUT2D eigenvalue weighted by Gasteiger charge is 2.25. The zero-order chi connectivity index (χ0) is 13.9. The van der Waals surface area contributed by atoms with Gasteiger partial charge in [-0.05, 0) is 46.1 Å². The van der Waals surface area contributed by atoms with E-state index in [1.54, 1.807) is 0 Å². The molecule has 0 saturated carbocycles. The number of aryl methyl sites for hydroxylation is 1. The molecule has 0 radical (unpaired) electrons. The number of nitrogens with one attached hydrogen (secondary N) is 1. The SMILES string of the molecule is Cc1ccc(N2CCNCC2c2ccccc2)c(Br)c1. The second-order valence-corrected chi connectivity index (χ2v) is 6.13. The van der Waals surface area contributed by atoms with E-state index in [9.17, 15) is 0 Å². The third kappa shape index (κ3) is 2.74. The first kappa shape index (κ1) is 13.7. The molecule has 1 N–H and O–H groups in total. The minimum absolute atomic E-state index is 0.393. The van der Waals surface area contributed by atoms with Gasteiger partial charge < -0.3 is 10.2 Å². The standard InChI is InChI=1S/C17H19BrN2/c1-13-7-8-16(15(18)11-13)20-10-9-19-12-17(20)14-5-3-2-4-6-14/h2-8,11,17,19H,9-10,12H2,1H3. The Morgan fingerprint density at radius 3 is 2.70 bits per heavy atom. The zero-order valence-corrected chi connectivity index (χ0v) is 13.2. The highest BCUT2D eigenvalue weighted by atomic mass is 79.9. The predicted octanol–water partition coefficient (Wildman–Crippen LogP) is 3.91. The number of halogens is 1. The molecule has 1 unspecified atom stereocenters. The molecule has 0 aliphatic carbocycles. The van der Waals surface area contributed by atoms with Gasteiger partial charge in [0.15, 0.2) is 0 Å². The van der Waals surface area contributed by atoms with E-state index in [-0.39, 0.29) is 0 Å². The van der Waals surface area contributed by atoms with Crippen LogP contribution >= 0.6 is 15.9 Å². The number of anilines is 1. The summed E-state index contributed by atoms with van der Waals surface area (Å²) in [6.45, 7) is 5.18. The van der Waals surface area contributed by atoms with Gasteiger partial charge >= 0.3 is 0 Å². The van der Waals surface area contributed by atoms with Gasteiger partial charge in [0.1, 0.15) is 0 Å². The maximum Gasteiger partial charge on any atom is 0.0667 e. The van der Waals surface area contributed by atoms with Crippen LogP contribution in [0.3, 0.4) is 0 Å². The maximum absolute atomic E-state index is 3.72. The Balaban J connectivity index is 1.97. The number of nitrogens with zero attached hydrogens (tertiary/aromatic N) is 1. The smallest absolute Gasteiger partial charge is 0.0667 e. The van der Waals surface area contributed by atoms with E-state index in [1.165, 1.54) is 21.3 Å². The monoisotopic (exact) mass is 330 g/mol. The number of piperazine rings is 1. The molecule has 1 fully saturated rings. The average Bonchev–Trinajstić information content (AvgIpc) is 2.48. The molecular weight excluding hydrogens is 312 g/mol. The molecule has 3 rings (SSSR count). The van der Waals surface area contributed by atoms with E-state index in [0.29, 0.717) is 6.04 Å².